The fourth-order valence-corrected chi connectivity index (χ4v) is 3.24. The number of carbonyl (C=O) groups is 2. The second-order valence-corrected chi connectivity index (χ2v) is 6.94. The van der Waals surface area contributed by atoms with E-state index in [1.165, 1.54) is 0 Å². The van der Waals surface area contributed by atoms with E-state index in [0.29, 0.717) is 19.5 Å². The van der Waals surface area contributed by atoms with Gasteiger partial charge in [-0.2, -0.15) is 0 Å². The highest BCUT2D eigenvalue weighted by Gasteiger charge is 2.21. The molecule has 8 nitrogen and oxygen atoms in total. The number of nitrogens with zero attached hydrogens (tertiary/aromatic N) is 3. The van der Waals surface area contributed by atoms with Gasteiger partial charge in [0.2, 0.25) is 5.91 Å². The molecule has 0 unspecified atom stereocenters. The summed E-state index contributed by atoms with van der Waals surface area (Å²) < 4.78 is 5.10. The topological polar surface area (TPSA) is 113 Å². The van der Waals surface area contributed by atoms with E-state index in [9.17, 15) is 9.59 Å². The van der Waals surface area contributed by atoms with Crippen LogP contribution >= 0.6 is 0 Å². The Morgan fingerprint density at radius 1 is 1.10 bits per heavy atom. The number of ether oxygens (including phenoxy) is 1. The molecule has 3 rings (SSSR count). The maximum atomic E-state index is 12.7. The van der Waals surface area contributed by atoms with E-state index >= 15 is 0 Å². The number of hydrogen-bond acceptors (Lipinski definition) is 6. The van der Waals surface area contributed by atoms with E-state index in [0.717, 1.165) is 29.9 Å². The Kier molecular flexibility index (Phi) is 8.34. The number of benzene rings is 1. The third kappa shape index (κ3) is 6.58. The zero-order valence-electron chi connectivity index (χ0n) is 16.2. The Morgan fingerprint density at radius 2 is 1.83 bits per heavy atom. The van der Waals surface area contributed by atoms with Crippen molar-refractivity contribution in [2.24, 2.45) is 5.73 Å². The van der Waals surface area contributed by atoms with E-state index in [2.05, 4.69) is 9.88 Å². The molecule has 0 bridgehead atoms. The van der Waals surface area contributed by atoms with E-state index in [4.69, 9.17) is 15.9 Å². The molecule has 0 atom stereocenters. The first-order chi connectivity index (χ1) is 14.0. The highest BCUT2D eigenvalue weighted by Crippen LogP contribution is 2.15. The van der Waals surface area contributed by atoms with Crippen molar-refractivity contribution >= 4 is 23.4 Å². The van der Waals surface area contributed by atoms with E-state index < -0.39 is 5.97 Å². The van der Waals surface area contributed by atoms with Gasteiger partial charge in [-0.1, -0.05) is 31.7 Å². The van der Waals surface area contributed by atoms with Crippen molar-refractivity contribution in [1.82, 2.24) is 9.88 Å². The van der Waals surface area contributed by atoms with Crippen LogP contribution < -0.4 is 10.6 Å². The highest BCUT2D eigenvalue weighted by atomic mass is 16.5. The Balaban J connectivity index is 0.00000320. The van der Waals surface area contributed by atoms with Gasteiger partial charge < -0.3 is 20.3 Å². The number of esters is 1. The summed E-state index contributed by atoms with van der Waals surface area (Å²) in [6.07, 6.45) is 3.68. The van der Waals surface area contributed by atoms with Crippen LogP contribution in [0.25, 0.3) is 0 Å². The SMILES string of the molecule is C.N=C(N)CC(=O)OCc1cccc(CC(=O)N2CCN(c3cccnc3)CC2)c1. The van der Waals surface area contributed by atoms with E-state index in [1.807, 2.05) is 47.5 Å². The zero-order valence-corrected chi connectivity index (χ0v) is 16.2. The summed E-state index contributed by atoms with van der Waals surface area (Å²) in [5, 5.41) is 7.11. The number of rotatable bonds is 7. The molecule has 0 spiro atoms. The van der Waals surface area contributed by atoms with Gasteiger partial charge in [-0.05, 0) is 23.3 Å². The standard InChI is InChI=1S/C21H25N5O3.CH4/c22-19(23)13-21(28)29-15-17-4-1-3-16(11-17)12-20(27)26-9-7-25(8-10-26)18-5-2-6-24-14-18;/h1-6,11,14H,7-10,12-13,15H2,(H3,22,23);1H4. The summed E-state index contributed by atoms with van der Waals surface area (Å²) in [6.45, 7) is 3.01. The number of carbonyl (C=O) groups excluding carboxylic acids is 2. The third-order valence-corrected chi connectivity index (χ3v) is 4.72. The minimum absolute atomic E-state index is 0. The minimum atomic E-state index is -0.537. The van der Waals surface area contributed by atoms with Crippen LogP contribution in [0.4, 0.5) is 5.69 Å². The lowest BCUT2D eigenvalue weighted by atomic mass is 10.1. The van der Waals surface area contributed by atoms with Crippen LogP contribution in [0.1, 0.15) is 25.0 Å². The van der Waals surface area contributed by atoms with Gasteiger partial charge in [-0.25, -0.2) is 0 Å². The second kappa shape index (κ2) is 10.9. The third-order valence-electron chi connectivity index (χ3n) is 4.72. The molecule has 160 valence electrons. The molecule has 1 aliphatic rings. The first-order valence-corrected chi connectivity index (χ1v) is 9.50. The number of anilines is 1. The number of hydrogen-bond donors (Lipinski definition) is 2. The van der Waals surface area contributed by atoms with Crippen molar-refractivity contribution in [1.29, 1.82) is 5.41 Å². The number of amides is 1. The molecule has 3 N–H and O–H groups in total. The molecule has 0 radical (unpaired) electrons. The molecular formula is C22H29N5O3. The lowest BCUT2D eigenvalue weighted by Crippen LogP contribution is -2.49. The Hall–Kier alpha value is -3.42. The molecule has 1 aliphatic heterocycles. The van der Waals surface area contributed by atoms with Crippen molar-refractivity contribution in [3.8, 4) is 0 Å². The average molecular weight is 412 g/mol. The summed E-state index contributed by atoms with van der Waals surface area (Å²) in [6, 6.07) is 11.4. The molecule has 1 saturated heterocycles. The zero-order chi connectivity index (χ0) is 20.6. The molecule has 2 heterocycles. The van der Waals surface area contributed by atoms with Crippen LogP contribution in [0, 0.1) is 5.41 Å². The van der Waals surface area contributed by atoms with Crippen molar-refractivity contribution in [2.45, 2.75) is 26.9 Å². The monoisotopic (exact) mass is 411 g/mol. The van der Waals surface area contributed by atoms with Gasteiger partial charge in [0.25, 0.3) is 0 Å². The largest absolute Gasteiger partial charge is 0.460 e. The van der Waals surface area contributed by atoms with Gasteiger partial charge in [-0.3, -0.25) is 20.0 Å². The first kappa shape index (κ1) is 22.9. The van der Waals surface area contributed by atoms with Crippen molar-refractivity contribution < 1.29 is 14.3 Å². The normalized spacial score (nSPS) is 13.3. The van der Waals surface area contributed by atoms with Crippen LogP contribution in [0.3, 0.4) is 0 Å². The highest BCUT2D eigenvalue weighted by molar-refractivity contribution is 5.94. The fourth-order valence-electron chi connectivity index (χ4n) is 3.24. The summed E-state index contributed by atoms with van der Waals surface area (Å²) in [5.74, 6) is -0.676. The van der Waals surface area contributed by atoms with Gasteiger partial charge in [-0.15, -0.1) is 0 Å². The number of piperazine rings is 1. The first-order valence-electron chi connectivity index (χ1n) is 9.50. The maximum absolute atomic E-state index is 12.7. The molecule has 1 fully saturated rings. The second-order valence-electron chi connectivity index (χ2n) is 6.94. The molecular weight excluding hydrogens is 382 g/mol. The van der Waals surface area contributed by atoms with Crippen LogP contribution in [0.15, 0.2) is 48.8 Å². The molecule has 0 saturated carbocycles. The Bertz CT molecular complexity index is 864. The molecule has 2 aromatic rings. The average Bonchev–Trinajstić information content (AvgIpc) is 2.73. The molecule has 1 aromatic carbocycles. The lowest BCUT2D eigenvalue weighted by molar-refractivity contribution is -0.143. The molecule has 8 heteroatoms. The molecule has 0 aliphatic carbocycles. The van der Waals surface area contributed by atoms with Crippen molar-refractivity contribution in [3.05, 3.63) is 59.9 Å². The quantitative estimate of drug-likeness (QED) is 0.409. The minimum Gasteiger partial charge on any atom is -0.460 e. The predicted octanol–water partition coefficient (Wildman–Crippen LogP) is 1.98. The van der Waals surface area contributed by atoms with Crippen LogP contribution in [0.5, 0.6) is 0 Å². The molecule has 30 heavy (non-hydrogen) atoms. The number of aromatic nitrogens is 1. The number of pyridine rings is 1. The molecule has 1 aromatic heterocycles. The predicted molar refractivity (Wildman–Crippen MR) is 116 cm³/mol. The molecule has 1 amide bonds. The van der Waals surface area contributed by atoms with Crippen molar-refractivity contribution in [2.75, 3.05) is 31.1 Å². The summed E-state index contributed by atoms with van der Waals surface area (Å²) in [7, 11) is 0. The van der Waals surface area contributed by atoms with Gasteiger partial charge in [0.1, 0.15) is 18.9 Å². The fraction of sp³-hybridized carbons (Fsp3) is 0.364. The van der Waals surface area contributed by atoms with E-state index in [-0.39, 0.29) is 32.2 Å². The smallest absolute Gasteiger partial charge is 0.313 e. The summed E-state index contributed by atoms with van der Waals surface area (Å²) in [5.41, 5.74) is 7.94. The van der Waals surface area contributed by atoms with Crippen LogP contribution in [0.2, 0.25) is 0 Å². The lowest BCUT2D eigenvalue weighted by Gasteiger charge is -2.36. The number of nitrogens with two attached hydrogens (primary N) is 1. The van der Waals surface area contributed by atoms with Crippen LogP contribution in [-0.4, -0.2) is 53.8 Å². The summed E-state index contributed by atoms with van der Waals surface area (Å²) >= 11 is 0. The Morgan fingerprint density at radius 3 is 2.50 bits per heavy atom. The van der Waals surface area contributed by atoms with Gasteiger partial charge in [0.05, 0.1) is 18.3 Å². The number of nitrogens with one attached hydrogen (secondary N) is 1. The van der Waals surface area contributed by atoms with Gasteiger partial charge >= 0.3 is 5.97 Å². The van der Waals surface area contributed by atoms with Gasteiger partial charge in [0, 0.05) is 32.4 Å². The van der Waals surface area contributed by atoms with E-state index in [1.54, 1.807) is 6.20 Å². The van der Waals surface area contributed by atoms with Crippen LogP contribution in [-0.2, 0) is 27.4 Å². The van der Waals surface area contributed by atoms with Gasteiger partial charge in [0.15, 0.2) is 0 Å². The maximum Gasteiger partial charge on any atom is 0.313 e. The van der Waals surface area contributed by atoms with Crippen molar-refractivity contribution in [3.63, 3.8) is 0 Å². The summed E-state index contributed by atoms with van der Waals surface area (Å²) in [4.78, 5) is 32.5. The number of amidine groups is 1. The Labute approximate surface area is 177 Å².